The molecule has 0 aliphatic rings. The van der Waals surface area contributed by atoms with Crippen LogP contribution >= 0.6 is 11.3 Å². The van der Waals surface area contributed by atoms with E-state index in [0.717, 1.165) is 5.01 Å². The zero-order valence-electron chi connectivity index (χ0n) is 13.7. The first-order chi connectivity index (χ1) is 10.8. The van der Waals surface area contributed by atoms with Crippen molar-refractivity contribution in [2.75, 3.05) is 11.4 Å². The fourth-order valence-electron chi connectivity index (χ4n) is 1.98. The minimum atomic E-state index is -0.594. The van der Waals surface area contributed by atoms with Crippen LogP contribution in [0, 0.1) is 6.92 Å². The van der Waals surface area contributed by atoms with Crippen LogP contribution in [0.2, 0.25) is 0 Å². The van der Waals surface area contributed by atoms with E-state index >= 15 is 0 Å². The van der Waals surface area contributed by atoms with Crippen LogP contribution in [-0.2, 0) is 9.53 Å². The van der Waals surface area contributed by atoms with Gasteiger partial charge in [0.1, 0.15) is 17.0 Å². The third-order valence-electron chi connectivity index (χ3n) is 2.85. The van der Waals surface area contributed by atoms with Crippen molar-refractivity contribution in [1.82, 2.24) is 4.98 Å². The number of nitrogens with zero attached hydrogens (tertiary/aromatic N) is 2. The Morgan fingerprint density at radius 3 is 2.39 bits per heavy atom. The second kappa shape index (κ2) is 6.91. The van der Waals surface area contributed by atoms with Gasteiger partial charge in [-0.1, -0.05) is 18.2 Å². The predicted molar refractivity (Wildman–Crippen MR) is 90.8 cm³/mol. The third kappa shape index (κ3) is 4.89. The van der Waals surface area contributed by atoms with Crippen molar-refractivity contribution in [3.63, 3.8) is 0 Å². The average molecular weight is 332 g/mol. The van der Waals surface area contributed by atoms with Crippen LogP contribution in [0.15, 0.2) is 36.5 Å². The van der Waals surface area contributed by atoms with Gasteiger partial charge in [0.2, 0.25) is 0 Å². The molecule has 1 aromatic heterocycles. The summed E-state index contributed by atoms with van der Waals surface area (Å²) < 4.78 is 5.34. The molecule has 6 heteroatoms. The standard InChI is InChI=1S/C17H20N2O3S/c1-12-18-10-14(23-12)16(21)19(13-8-6-5-7-9-13)11-15(20)22-17(2,3)4/h5-10H,11H2,1-4H3. The Bertz CT molecular complexity index is 689. The largest absolute Gasteiger partial charge is 0.459 e. The van der Waals surface area contributed by atoms with E-state index in [4.69, 9.17) is 4.74 Å². The van der Waals surface area contributed by atoms with Crippen LogP contribution in [0.25, 0.3) is 0 Å². The van der Waals surface area contributed by atoms with E-state index in [1.165, 1.54) is 22.4 Å². The molecule has 1 aromatic carbocycles. The van der Waals surface area contributed by atoms with Crippen LogP contribution < -0.4 is 4.90 Å². The molecule has 0 radical (unpaired) electrons. The molecule has 0 fully saturated rings. The van der Waals surface area contributed by atoms with Gasteiger partial charge in [-0.15, -0.1) is 11.3 Å². The maximum atomic E-state index is 12.7. The molecule has 0 atom stereocenters. The molecule has 1 amide bonds. The van der Waals surface area contributed by atoms with Gasteiger partial charge in [-0.2, -0.15) is 0 Å². The summed E-state index contributed by atoms with van der Waals surface area (Å²) >= 11 is 1.30. The number of ether oxygens (including phenoxy) is 1. The Hall–Kier alpha value is -2.21. The van der Waals surface area contributed by atoms with E-state index in [1.54, 1.807) is 32.9 Å². The Morgan fingerprint density at radius 2 is 1.87 bits per heavy atom. The lowest BCUT2D eigenvalue weighted by Crippen LogP contribution is -2.38. The Morgan fingerprint density at radius 1 is 1.22 bits per heavy atom. The summed E-state index contributed by atoms with van der Waals surface area (Å²) in [5.74, 6) is -0.705. The lowest BCUT2D eigenvalue weighted by molar-refractivity contribution is -0.152. The number of benzene rings is 1. The number of para-hydroxylation sites is 1. The highest BCUT2D eigenvalue weighted by atomic mass is 32.1. The second-order valence-corrected chi connectivity index (χ2v) is 7.29. The number of hydrogen-bond donors (Lipinski definition) is 0. The molecular formula is C17H20N2O3S. The molecule has 0 saturated carbocycles. The van der Waals surface area contributed by atoms with Gasteiger partial charge in [-0.05, 0) is 39.8 Å². The number of carbonyl (C=O) groups excluding carboxylic acids is 2. The summed E-state index contributed by atoms with van der Waals surface area (Å²) in [7, 11) is 0. The number of thiazole rings is 1. The van der Waals surface area contributed by atoms with E-state index in [9.17, 15) is 9.59 Å². The minimum Gasteiger partial charge on any atom is -0.459 e. The van der Waals surface area contributed by atoms with Crippen LogP contribution in [0.3, 0.4) is 0 Å². The van der Waals surface area contributed by atoms with Crippen molar-refractivity contribution >= 4 is 28.9 Å². The van der Waals surface area contributed by atoms with E-state index < -0.39 is 11.6 Å². The predicted octanol–water partition coefficient (Wildman–Crippen LogP) is 3.44. The quantitative estimate of drug-likeness (QED) is 0.805. The molecular weight excluding hydrogens is 312 g/mol. The summed E-state index contributed by atoms with van der Waals surface area (Å²) in [4.78, 5) is 30.9. The molecule has 5 nitrogen and oxygen atoms in total. The van der Waals surface area contributed by atoms with E-state index in [2.05, 4.69) is 4.98 Å². The molecule has 2 aromatic rings. The van der Waals surface area contributed by atoms with E-state index in [0.29, 0.717) is 10.6 Å². The maximum Gasteiger partial charge on any atom is 0.326 e. The number of amides is 1. The van der Waals surface area contributed by atoms with Crippen LogP contribution in [-0.4, -0.2) is 29.0 Å². The molecule has 0 unspecified atom stereocenters. The average Bonchev–Trinajstić information content (AvgIpc) is 2.90. The molecule has 2 rings (SSSR count). The smallest absolute Gasteiger partial charge is 0.326 e. The first kappa shape index (κ1) is 17.1. The summed E-state index contributed by atoms with van der Waals surface area (Å²) in [5.41, 5.74) is 0.0539. The van der Waals surface area contributed by atoms with Crippen molar-refractivity contribution in [2.24, 2.45) is 0 Å². The van der Waals surface area contributed by atoms with Gasteiger partial charge < -0.3 is 4.74 Å². The molecule has 0 saturated heterocycles. The number of aryl methyl sites for hydroxylation is 1. The number of esters is 1. The topological polar surface area (TPSA) is 59.5 Å². The second-order valence-electron chi connectivity index (χ2n) is 6.06. The fourth-order valence-corrected chi connectivity index (χ4v) is 2.71. The number of carbonyl (C=O) groups is 2. The van der Waals surface area contributed by atoms with Crippen LogP contribution in [0.5, 0.6) is 0 Å². The first-order valence-electron chi connectivity index (χ1n) is 7.27. The molecule has 23 heavy (non-hydrogen) atoms. The van der Waals surface area contributed by atoms with Crippen LogP contribution in [0.4, 0.5) is 5.69 Å². The van der Waals surface area contributed by atoms with Crippen molar-refractivity contribution in [3.8, 4) is 0 Å². The van der Waals surface area contributed by atoms with Gasteiger partial charge in [0, 0.05) is 5.69 Å². The summed E-state index contributed by atoms with van der Waals surface area (Å²) in [6.07, 6.45) is 1.54. The van der Waals surface area contributed by atoms with Crippen molar-refractivity contribution < 1.29 is 14.3 Å². The molecule has 0 spiro atoms. The Balaban J connectivity index is 2.26. The summed E-state index contributed by atoms with van der Waals surface area (Å²) in [6, 6.07) is 9.08. The molecule has 0 bridgehead atoms. The highest BCUT2D eigenvalue weighted by molar-refractivity contribution is 7.13. The Kier molecular flexibility index (Phi) is 5.15. The van der Waals surface area contributed by atoms with Crippen molar-refractivity contribution in [2.45, 2.75) is 33.3 Å². The summed E-state index contributed by atoms with van der Waals surface area (Å²) in [5, 5.41) is 0.804. The number of anilines is 1. The molecule has 122 valence electrons. The first-order valence-corrected chi connectivity index (χ1v) is 8.09. The highest BCUT2D eigenvalue weighted by Crippen LogP contribution is 2.21. The zero-order chi connectivity index (χ0) is 17.0. The van der Waals surface area contributed by atoms with Gasteiger partial charge in [0.15, 0.2) is 0 Å². The van der Waals surface area contributed by atoms with Gasteiger partial charge in [-0.3, -0.25) is 14.5 Å². The van der Waals surface area contributed by atoms with Gasteiger partial charge in [0.25, 0.3) is 5.91 Å². The van der Waals surface area contributed by atoms with E-state index in [-0.39, 0.29) is 12.5 Å². The highest BCUT2D eigenvalue weighted by Gasteiger charge is 2.25. The minimum absolute atomic E-state index is 0.142. The molecule has 0 N–H and O–H groups in total. The molecule has 0 aliphatic carbocycles. The number of rotatable bonds is 4. The van der Waals surface area contributed by atoms with Crippen molar-refractivity contribution in [3.05, 3.63) is 46.4 Å². The van der Waals surface area contributed by atoms with Crippen molar-refractivity contribution in [1.29, 1.82) is 0 Å². The molecule has 1 heterocycles. The number of hydrogen-bond acceptors (Lipinski definition) is 5. The third-order valence-corrected chi connectivity index (χ3v) is 3.75. The lowest BCUT2D eigenvalue weighted by atomic mass is 10.2. The molecule has 0 aliphatic heterocycles. The number of aromatic nitrogens is 1. The van der Waals surface area contributed by atoms with Gasteiger partial charge in [-0.25, -0.2) is 4.98 Å². The summed E-state index contributed by atoms with van der Waals surface area (Å²) in [6.45, 7) is 7.09. The zero-order valence-corrected chi connectivity index (χ0v) is 14.5. The van der Waals surface area contributed by atoms with Crippen LogP contribution in [0.1, 0.15) is 35.5 Å². The SMILES string of the molecule is Cc1ncc(C(=O)N(CC(=O)OC(C)(C)C)c2ccccc2)s1. The van der Waals surface area contributed by atoms with E-state index in [1.807, 2.05) is 25.1 Å². The monoisotopic (exact) mass is 332 g/mol. The van der Waals surface area contributed by atoms with Gasteiger partial charge in [0.05, 0.1) is 11.2 Å². The maximum absolute atomic E-state index is 12.7. The Labute approximate surface area is 139 Å². The lowest BCUT2D eigenvalue weighted by Gasteiger charge is -2.25. The fraction of sp³-hybridized carbons (Fsp3) is 0.353. The normalized spacial score (nSPS) is 11.1. The van der Waals surface area contributed by atoms with Gasteiger partial charge >= 0.3 is 5.97 Å².